The average molecular weight is 398 g/mol. The van der Waals surface area contributed by atoms with Crippen LogP contribution in [0, 0.1) is 18.6 Å². The molecule has 0 atom stereocenters. The third-order valence-corrected chi connectivity index (χ3v) is 4.31. The van der Waals surface area contributed by atoms with E-state index in [9.17, 15) is 8.78 Å². The summed E-state index contributed by atoms with van der Waals surface area (Å²) in [5.74, 6) is -0.907. The van der Waals surface area contributed by atoms with Crippen LogP contribution in [0.1, 0.15) is 5.69 Å². The van der Waals surface area contributed by atoms with Gasteiger partial charge in [0.1, 0.15) is 5.82 Å². The molecule has 1 aromatic carbocycles. The number of aryl methyl sites for hydroxylation is 1. The van der Waals surface area contributed by atoms with Gasteiger partial charge in [-0.25, -0.2) is 18.7 Å². The first-order valence-corrected chi connectivity index (χ1v) is 8.17. The fraction of sp³-hybridized carbons (Fsp3) is 0.0667. The van der Waals surface area contributed by atoms with E-state index in [1.54, 1.807) is 12.3 Å². The maximum atomic E-state index is 13.8. The van der Waals surface area contributed by atoms with E-state index in [0.29, 0.717) is 15.4 Å². The third-order valence-electron chi connectivity index (χ3n) is 2.81. The summed E-state index contributed by atoms with van der Waals surface area (Å²) in [6.45, 7) is 1.88. The van der Waals surface area contributed by atoms with Crippen molar-refractivity contribution in [2.45, 2.75) is 6.92 Å². The molecule has 1 N–H and O–H groups in total. The number of anilines is 2. The highest BCUT2D eigenvalue weighted by Gasteiger charge is 2.15. The zero-order valence-corrected chi connectivity index (χ0v) is 14.2. The molecule has 0 bridgehead atoms. The quantitative estimate of drug-likeness (QED) is 0.637. The summed E-state index contributed by atoms with van der Waals surface area (Å²) in [5, 5.41) is 5.56. The Labute approximate surface area is 143 Å². The predicted octanol–water partition coefficient (Wildman–Crippen LogP) is 5.42. The molecule has 0 fully saturated rings. The highest BCUT2D eigenvalue weighted by molar-refractivity contribution is 9.10. The molecule has 3 rings (SSSR count). The molecule has 0 aliphatic heterocycles. The summed E-state index contributed by atoms with van der Waals surface area (Å²) in [7, 11) is 0. The molecule has 2 heterocycles. The Morgan fingerprint density at radius 3 is 2.78 bits per heavy atom. The first kappa shape index (κ1) is 15.8. The molecule has 4 nitrogen and oxygen atoms in total. The van der Waals surface area contributed by atoms with Crippen molar-refractivity contribution >= 4 is 38.2 Å². The largest absolute Gasteiger partial charge is 0.449 e. The second-order valence-electron chi connectivity index (χ2n) is 4.57. The lowest BCUT2D eigenvalue weighted by Crippen LogP contribution is -1.99. The van der Waals surface area contributed by atoms with Gasteiger partial charge in [-0.2, -0.15) is 0 Å². The minimum atomic E-state index is -0.795. The molecule has 0 saturated heterocycles. The normalized spacial score (nSPS) is 10.6. The van der Waals surface area contributed by atoms with Crippen LogP contribution in [0.25, 0.3) is 0 Å². The number of nitrogens with one attached hydrogen (secondary N) is 1. The van der Waals surface area contributed by atoms with Crippen molar-refractivity contribution in [2.24, 2.45) is 0 Å². The second-order valence-corrected chi connectivity index (χ2v) is 6.28. The molecule has 8 heteroatoms. The SMILES string of the molecule is Cc1csc(Nc2nccc(Br)c2Oc2ccc(F)cc2F)n1. The van der Waals surface area contributed by atoms with Crippen molar-refractivity contribution < 1.29 is 13.5 Å². The van der Waals surface area contributed by atoms with Gasteiger partial charge in [-0.3, -0.25) is 0 Å². The molecule has 0 amide bonds. The number of hydrogen-bond acceptors (Lipinski definition) is 5. The summed E-state index contributed by atoms with van der Waals surface area (Å²) >= 11 is 4.76. The molecule has 0 spiro atoms. The minimum absolute atomic E-state index is 0.0986. The fourth-order valence-electron chi connectivity index (χ4n) is 1.79. The number of rotatable bonds is 4. The third kappa shape index (κ3) is 3.65. The van der Waals surface area contributed by atoms with Gasteiger partial charge in [0.25, 0.3) is 0 Å². The van der Waals surface area contributed by atoms with E-state index in [0.717, 1.165) is 17.8 Å². The number of ether oxygens (including phenoxy) is 1. The first-order chi connectivity index (χ1) is 11.0. The fourth-order valence-corrected chi connectivity index (χ4v) is 2.87. The van der Waals surface area contributed by atoms with Crippen molar-refractivity contribution in [1.82, 2.24) is 9.97 Å². The van der Waals surface area contributed by atoms with Gasteiger partial charge in [-0.1, -0.05) is 0 Å². The van der Waals surface area contributed by atoms with Crippen molar-refractivity contribution in [3.05, 3.63) is 57.6 Å². The van der Waals surface area contributed by atoms with E-state index in [1.807, 2.05) is 12.3 Å². The van der Waals surface area contributed by atoms with Gasteiger partial charge in [-0.05, 0) is 41.1 Å². The molecule has 3 aromatic rings. The van der Waals surface area contributed by atoms with Gasteiger partial charge >= 0.3 is 0 Å². The number of hydrogen-bond donors (Lipinski definition) is 1. The maximum Gasteiger partial charge on any atom is 0.188 e. The molecule has 23 heavy (non-hydrogen) atoms. The zero-order valence-electron chi connectivity index (χ0n) is 11.8. The van der Waals surface area contributed by atoms with Gasteiger partial charge in [-0.15, -0.1) is 11.3 Å². The lowest BCUT2D eigenvalue weighted by atomic mass is 10.3. The van der Waals surface area contributed by atoms with Gasteiger partial charge < -0.3 is 10.1 Å². The second kappa shape index (κ2) is 6.59. The number of nitrogens with zero attached hydrogens (tertiary/aromatic N) is 2. The topological polar surface area (TPSA) is 47.0 Å². The Kier molecular flexibility index (Phi) is 4.53. The van der Waals surface area contributed by atoms with Crippen molar-refractivity contribution in [2.75, 3.05) is 5.32 Å². The van der Waals surface area contributed by atoms with Crippen LogP contribution >= 0.6 is 27.3 Å². The van der Waals surface area contributed by atoms with Gasteiger partial charge in [0.2, 0.25) is 0 Å². The van der Waals surface area contributed by atoms with Crippen molar-refractivity contribution in [3.63, 3.8) is 0 Å². The molecule has 2 aromatic heterocycles. The average Bonchev–Trinajstić information content (AvgIpc) is 2.90. The van der Waals surface area contributed by atoms with E-state index < -0.39 is 11.6 Å². The van der Waals surface area contributed by atoms with E-state index in [-0.39, 0.29) is 11.5 Å². The summed E-state index contributed by atoms with van der Waals surface area (Å²) in [6, 6.07) is 4.77. The predicted molar refractivity (Wildman–Crippen MR) is 88.5 cm³/mol. The van der Waals surface area contributed by atoms with Crippen LogP contribution in [0.3, 0.4) is 0 Å². The number of pyridine rings is 1. The maximum absolute atomic E-state index is 13.8. The summed E-state index contributed by atoms with van der Waals surface area (Å²) in [6.07, 6.45) is 1.57. The highest BCUT2D eigenvalue weighted by atomic mass is 79.9. The van der Waals surface area contributed by atoms with Gasteiger partial charge in [0.15, 0.2) is 28.3 Å². The number of benzene rings is 1. The molecular weight excluding hydrogens is 388 g/mol. The number of thiazole rings is 1. The van der Waals surface area contributed by atoms with Crippen LogP contribution in [-0.2, 0) is 0 Å². The Balaban J connectivity index is 1.94. The van der Waals surface area contributed by atoms with E-state index in [1.165, 1.54) is 17.4 Å². The molecule has 0 aliphatic rings. The van der Waals surface area contributed by atoms with E-state index in [2.05, 4.69) is 31.2 Å². The first-order valence-electron chi connectivity index (χ1n) is 6.49. The molecule has 0 saturated carbocycles. The van der Waals surface area contributed by atoms with Crippen LogP contribution in [0.15, 0.2) is 40.3 Å². The Morgan fingerprint density at radius 2 is 2.09 bits per heavy atom. The molecule has 0 unspecified atom stereocenters. The lowest BCUT2D eigenvalue weighted by Gasteiger charge is -2.12. The molecular formula is C15H10BrF2N3OS. The standard InChI is InChI=1S/C15H10BrF2N3OS/c1-8-7-23-15(20-8)21-14-13(10(16)4-5-19-14)22-12-3-2-9(17)6-11(12)18/h2-7H,1H3,(H,19,20,21). The van der Waals surface area contributed by atoms with Crippen LogP contribution in [-0.4, -0.2) is 9.97 Å². The van der Waals surface area contributed by atoms with Crippen molar-refractivity contribution in [1.29, 1.82) is 0 Å². The molecule has 0 radical (unpaired) electrons. The van der Waals surface area contributed by atoms with Gasteiger partial charge in [0.05, 0.1) is 10.2 Å². The summed E-state index contributed by atoms with van der Waals surface area (Å²) < 4.78 is 32.9. The van der Waals surface area contributed by atoms with E-state index in [4.69, 9.17) is 4.74 Å². The monoisotopic (exact) mass is 397 g/mol. The van der Waals surface area contributed by atoms with E-state index >= 15 is 0 Å². The van der Waals surface area contributed by atoms with Crippen LogP contribution in [0.4, 0.5) is 19.7 Å². The zero-order chi connectivity index (χ0) is 16.4. The van der Waals surface area contributed by atoms with Crippen LogP contribution in [0.5, 0.6) is 11.5 Å². The molecule has 118 valence electrons. The Hall–Kier alpha value is -2.06. The van der Waals surface area contributed by atoms with Gasteiger partial charge in [0, 0.05) is 17.6 Å². The summed E-state index contributed by atoms with van der Waals surface area (Å²) in [5.41, 5.74) is 0.875. The Morgan fingerprint density at radius 1 is 1.26 bits per heavy atom. The summed E-state index contributed by atoms with van der Waals surface area (Å²) in [4.78, 5) is 8.48. The number of aromatic nitrogens is 2. The van der Waals surface area contributed by atoms with Crippen molar-refractivity contribution in [3.8, 4) is 11.5 Å². The Bertz CT molecular complexity index is 856. The lowest BCUT2D eigenvalue weighted by molar-refractivity contribution is 0.436. The number of halogens is 3. The highest BCUT2D eigenvalue weighted by Crippen LogP contribution is 2.37. The van der Waals surface area contributed by atoms with Crippen LogP contribution < -0.4 is 10.1 Å². The molecule has 0 aliphatic carbocycles. The smallest absolute Gasteiger partial charge is 0.188 e. The minimum Gasteiger partial charge on any atom is -0.449 e. The van der Waals surface area contributed by atoms with Crippen LogP contribution in [0.2, 0.25) is 0 Å².